The molecule has 1 unspecified atom stereocenters. The number of nitrogens with two attached hydrogens (primary N) is 1. The average Bonchev–Trinajstić information content (AvgIpc) is 3.39. The Bertz CT molecular complexity index is 1600. The normalized spacial score (nSPS) is 16.9. The van der Waals surface area contributed by atoms with E-state index in [9.17, 15) is 27.9 Å². The molecule has 200 valence electrons. The molecule has 4 aromatic rings. The van der Waals surface area contributed by atoms with Crippen molar-refractivity contribution < 1.29 is 27.9 Å². The Hall–Kier alpha value is -4.16. The van der Waals surface area contributed by atoms with E-state index < -0.39 is 23.2 Å². The van der Waals surface area contributed by atoms with Crippen molar-refractivity contribution in [3.63, 3.8) is 0 Å². The molecule has 0 saturated heterocycles. The van der Waals surface area contributed by atoms with Crippen molar-refractivity contribution in [2.45, 2.75) is 38.0 Å². The molecule has 1 atom stereocenters. The first-order valence-electron chi connectivity index (χ1n) is 11.9. The Balaban J connectivity index is 1.49. The molecule has 0 radical (unpaired) electrons. The van der Waals surface area contributed by atoms with E-state index in [-0.39, 0.29) is 16.9 Å². The Labute approximate surface area is 224 Å². The van der Waals surface area contributed by atoms with Crippen LogP contribution in [0.2, 0.25) is 0 Å². The number of primary amides is 1. The number of nitrogens with one attached hydrogen (secondary N) is 1. The third-order valence-corrected chi connectivity index (χ3v) is 7.75. The fourth-order valence-corrected chi connectivity index (χ4v) is 5.81. The molecule has 12 heteroatoms. The largest absolute Gasteiger partial charge is 0.416 e. The molecule has 8 nitrogen and oxygen atoms in total. The number of carbonyl (C=O) groups excluding carboxylic acids is 2. The number of amides is 1. The first kappa shape index (κ1) is 26.4. The van der Waals surface area contributed by atoms with Crippen LogP contribution in [0.25, 0.3) is 10.6 Å². The zero-order valence-electron chi connectivity index (χ0n) is 20.5. The lowest BCUT2D eigenvalue weighted by molar-refractivity contribution is -0.137. The number of thiazole rings is 1. The van der Waals surface area contributed by atoms with E-state index in [1.54, 1.807) is 24.4 Å². The molecule has 5 rings (SSSR count). The van der Waals surface area contributed by atoms with E-state index >= 15 is 0 Å². The molecule has 0 saturated carbocycles. The van der Waals surface area contributed by atoms with E-state index in [0.717, 1.165) is 23.9 Å². The summed E-state index contributed by atoms with van der Waals surface area (Å²) in [6.07, 6.45) is 0.140. The van der Waals surface area contributed by atoms with E-state index in [1.807, 2.05) is 6.92 Å². The molecular weight excluding hydrogens is 531 g/mol. The number of rotatable bonds is 6. The summed E-state index contributed by atoms with van der Waals surface area (Å²) in [7, 11) is 0. The number of carbonyl (C=O) groups is 2. The highest BCUT2D eigenvalue weighted by molar-refractivity contribution is 7.15. The summed E-state index contributed by atoms with van der Waals surface area (Å²) in [5.74, 6) is -0.433. The first-order chi connectivity index (χ1) is 18.5. The van der Waals surface area contributed by atoms with Crippen LogP contribution in [0.1, 0.15) is 60.8 Å². The molecule has 3 heterocycles. The van der Waals surface area contributed by atoms with Crippen LogP contribution in [0.15, 0.2) is 48.8 Å². The zero-order chi connectivity index (χ0) is 27.9. The van der Waals surface area contributed by atoms with E-state index in [0.29, 0.717) is 58.1 Å². The Morgan fingerprint density at radius 1 is 1.18 bits per heavy atom. The van der Waals surface area contributed by atoms with Gasteiger partial charge >= 0.3 is 6.18 Å². The molecule has 1 aliphatic carbocycles. The van der Waals surface area contributed by atoms with Gasteiger partial charge in [-0.2, -0.15) is 13.2 Å². The molecule has 39 heavy (non-hydrogen) atoms. The van der Waals surface area contributed by atoms with Crippen molar-refractivity contribution in [3.05, 3.63) is 87.2 Å². The number of nitrogens with zero attached hydrogens (tertiary/aromatic N) is 3. The standard InChI is InChI=1S/C27H22F3N5O3S/c1-14-9-20(34-23(10-14)35-22-11-15(6-8-32-22)27(28,29)30)21-12-33-25(39-21)26(38)7-2-3-16-18(13-36)17(24(31)37)4-5-19(16)26/h4-6,8-13,38H,2-3,7H2,1H3,(H2,31,37)(H,32,34,35). The highest BCUT2D eigenvalue weighted by atomic mass is 32.1. The summed E-state index contributed by atoms with van der Waals surface area (Å²) in [5.41, 5.74) is 5.76. The summed E-state index contributed by atoms with van der Waals surface area (Å²) in [5, 5.41) is 15.0. The van der Waals surface area contributed by atoms with Gasteiger partial charge in [-0.15, -0.1) is 11.3 Å². The van der Waals surface area contributed by atoms with Crippen LogP contribution in [0.5, 0.6) is 0 Å². The van der Waals surface area contributed by atoms with Gasteiger partial charge in [-0.05, 0) is 73.2 Å². The van der Waals surface area contributed by atoms with Crippen LogP contribution >= 0.6 is 11.3 Å². The second-order valence-corrected chi connectivity index (χ2v) is 10.3. The quantitative estimate of drug-likeness (QED) is 0.281. The Morgan fingerprint density at radius 3 is 2.69 bits per heavy atom. The number of alkyl halides is 3. The average molecular weight is 554 g/mol. The molecule has 4 N–H and O–H groups in total. The monoisotopic (exact) mass is 553 g/mol. The maximum Gasteiger partial charge on any atom is 0.416 e. The van der Waals surface area contributed by atoms with Gasteiger partial charge in [-0.1, -0.05) is 6.07 Å². The van der Waals surface area contributed by atoms with Crippen LogP contribution in [-0.2, 0) is 18.2 Å². The van der Waals surface area contributed by atoms with Gasteiger partial charge < -0.3 is 16.2 Å². The highest BCUT2D eigenvalue weighted by Gasteiger charge is 2.40. The predicted octanol–water partition coefficient (Wildman–Crippen LogP) is 5.15. The topological polar surface area (TPSA) is 131 Å². The number of aldehydes is 1. The second-order valence-electron chi connectivity index (χ2n) is 9.25. The number of benzene rings is 1. The van der Waals surface area contributed by atoms with Crippen LogP contribution in [0.3, 0.4) is 0 Å². The molecule has 0 spiro atoms. The van der Waals surface area contributed by atoms with Gasteiger partial charge in [-0.25, -0.2) is 15.0 Å². The highest BCUT2D eigenvalue weighted by Crippen LogP contribution is 2.44. The number of halogens is 3. The van der Waals surface area contributed by atoms with Crippen LogP contribution in [0.4, 0.5) is 24.8 Å². The van der Waals surface area contributed by atoms with Crippen molar-refractivity contribution in [3.8, 4) is 10.6 Å². The van der Waals surface area contributed by atoms with Crippen LogP contribution in [-0.4, -0.2) is 32.3 Å². The van der Waals surface area contributed by atoms with Crippen molar-refractivity contribution in [1.82, 2.24) is 15.0 Å². The van der Waals surface area contributed by atoms with Crippen molar-refractivity contribution in [2.75, 3.05) is 5.32 Å². The maximum atomic E-state index is 13.1. The number of aromatic nitrogens is 3. The van der Waals surface area contributed by atoms with Crippen LogP contribution in [0, 0.1) is 6.92 Å². The predicted molar refractivity (Wildman–Crippen MR) is 139 cm³/mol. The molecule has 0 bridgehead atoms. The lowest BCUT2D eigenvalue weighted by Gasteiger charge is -2.34. The maximum absolute atomic E-state index is 13.1. The number of hydrogen-bond acceptors (Lipinski definition) is 8. The van der Waals surface area contributed by atoms with Gasteiger partial charge in [0, 0.05) is 23.5 Å². The zero-order valence-corrected chi connectivity index (χ0v) is 21.4. The summed E-state index contributed by atoms with van der Waals surface area (Å²) < 4.78 is 39.3. The van der Waals surface area contributed by atoms with Crippen molar-refractivity contribution in [2.24, 2.45) is 5.73 Å². The van der Waals surface area contributed by atoms with Crippen LogP contribution < -0.4 is 11.1 Å². The summed E-state index contributed by atoms with van der Waals surface area (Å²) >= 11 is 1.21. The molecule has 1 aromatic carbocycles. The van der Waals surface area contributed by atoms with Gasteiger partial charge in [0.1, 0.15) is 22.2 Å². The van der Waals surface area contributed by atoms with E-state index in [1.165, 1.54) is 17.4 Å². The minimum atomic E-state index is -4.50. The number of anilines is 2. The number of fused-ring (bicyclic) bond motifs is 1. The summed E-state index contributed by atoms with van der Waals surface area (Å²) in [4.78, 5) is 37.2. The minimum absolute atomic E-state index is 0.00620. The Kier molecular flexibility index (Phi) is 6.69. The third-order valence-electron chi connectivity index (χ3n) is 6.58. The number of aryl methyl sites for hydroxylation is 1. The Morgan fingerprint density at radius 2 is 1.97 bits per heavy atom. The molecule has 0 fully saturated rings. The number of hydrogen-bond donors (Lipinski definition) is 3. The van der Waals surface area contributed by atoms with Gasteiger partial charge in [-0.3, -0.25) is 9.59 Å². The minimum Gasteiger partial charge on any atom is -0.378 e. The summed E-state index contributed by atoms with van der Waals surface area (Å²) in [6, 6.07) is 8.32. The summed E-state index contributed by atoms with van der Waals surface area (Å²) in [6.45, 7) is 1.82. The lowest BCUT2D eigenvalue weighted by atomic mass is 9.76. The smallest absolute Gasteiger partial charge is 0.378 e. The number of aliphatic hydroxyl groups is 1. The molecule has 1 amide bonds. The molecule has 1 aliphatic rings. The van der Waals surface area contributed by atoms with E-state index in [4.69, 9.17) is 5.73 Å². The van der Waals surface area contributed by atoms with E-state index in [2.05, 4.69) is 20.3 Å². The molecule has 3 aromatic heterocycles. The van der Waals surface area contributed by atoms with Gasteiger partial charge in [0.2, 0.25) is 5.91 Å². The third kappa shape index (κ3) is 5.00. The fraction of sp³-hybridized carbons (Fsp3) is 0.222. The first-order valence-corrected chi connectivity index (χ1v) is 12.7. The molecular formula is C27H22F3N5O3S. The van der Waals surface area contributed by atoms with Crippen molar-refractivity contribution >= 4 is 35.2 Å². The number of pyridine rings is 2. The molecule has 0 aliphatic heterocycles. The van der Waals surface area contributed by atoms with Crippen molar-refractivity contribution in [1.29, 1.82) is 0 Å². The fourth-order valence-electron chi connectivity index (χ4n) is 4.80. The van der Waals surface area contributed by atoms with Gasteiger partial charge in [0.25, 0.3) is 0 Å². The SMILES string of the molecule is Cc1cc(Nc2cc(C(F)(F)F)ccn2)nc(-c2cnc(C3(O)CCCc4c3ccc(C(N)=O)c4C=O)s2)c1. The van der Waals surface area contributed by atoms with Gasteiger partial charge in [0.15, 0.2) is 6.29 Å². The lowest BCUT2D eigenvalue weighted by Crippen LogP contribution is -2.33. The van der Waals surface area contributed by atoms with Gasteiger partial charge in [0.05, 0.1) is 16.1 Å². The second kappa shape index (κ2) is 9.86.